The lowest BCUT2D eigenvalue weighted by Crippen LogP contribution is -2.00. The van der Waals surface area contributed by atoms with E-state index in [-0.39, 0.29) is 5.82 Å². The van der Waals surface area contributed by atoms with Gasteiger partial charge in [-0.2, -0.15) is 5.26 Å². The van der Waals surface area contributed by atoms with Gasteiger partial charge in [-0.1, -0.05) is 12.1 Å². The predicted octanol–water partition coefficient (Wildman–Crippen LogP) is 4.84. The SMILES string of the molecule is N#Cc1ccc(-n2cccc2Cc2cccc(F)c2)cc1Br. The van der Waals surface area contributed by atoms with Crippen LogP contribution < -0.4 is 0 Å². The van der Waals surface area contributed by atoms with E-state index in [1.807, 2.05) is 41.1 Å². The zero-order chi connectivity index (χ0) is 15.5. The molecule has 3 aromatic rings. The van der Waals surface area contributed by atoms with Crippen molar-refractivity contribution in [3.63, 3.8) is 0 Å². The van der Waals surface area contributed by atoms with E-state index >= 15 is 0 Å². The van der Waals surface area contributed by atoms with Gasteiger partial charge in [0.2, 0.25) is 0 Å². The molecular formula is C18H12BrFN2. The lowest BCUT2D eigenvalue weighted by Gasteiger charge is -2.10. The van der Waals surface area contributed by atoms with E-state index in [4.69, 9.17) is 5.26 Å². The molecule has 0 aliphatic rings. The highest BCUT2D eigenvalue weighted by atomic mass is 79.9. The van der Waals surface area contributed by atoms with Gasteiger partial charge in [-0.3, -0.25) is 0 Å². The lowest BCUT2D eigenvalue weighted by atomic mass is 10.1. The molecular weight excluding hydrogens is 343 g/mol. The van der Waals surface area contributed by atoms with Crippen molar-refractivity contribution in [3.05, 3.63) is 87.9 Å². The maximum atomic E-state index is 13.3. The predicted molar refractivity (Wildman–Crippen MR) is 87.4 cm³/mol. The third kappa shape index (κ3) is 2.95. The third-order valence-corrected chi connectivity index (χ3v) is 4.11. The Morgan fingerprint density at radius 1 is 1.09 bits per heavy atom. The summed E-state index contributed by atoms with van der Waals surface area (Å²) >= 11 is 3.41. The van der Waals surface area contributed by atoms with Crippen molar-refractivity contribution in [1.29, 1.82) is 5.26 Å². The standard InChI is InChI=1S/C18H12BrFN2/c19-18-11-17(7-6-14(18)12-21)22-8-2-5-16(22)10-13-3-1-4-15(20)9-13/h1-9,11H,10H2. The minimum Gasteiger partial charge on any atom is -0.321 e. The highest BCUT2D eigenvalue weighted by Crippen LogP contribution is 2.23. The second-order valence-electron chi connectivity index (χ2n) is 4.95. The fraction of sp³-hybridized carbons (Fsp3) is 0.0556. The Hall–Kier alpha value is -2.38. The van der Waals surface area contributed by atoms with E-state index in [9.17, 15) is 4.39 Å². The van der Waals surface area contributed by atoms with E-state index in [1.54, 1.807) is 18.2 Å². The van der Waals surface area contributed by atoms with Crippen molar-refractivity contribution < 1.29 is 4.39 Å². The Labute approximate surface area is 136 Å². The van der Waals surface area contributed by atoms with E-state index < -0.39 is 0 Å². The molecule has 2 nitrogen and oxygen atoms in total. The van der Waals surface area contributed by atoms with Gasteiger partial charge in [0, 0.05) is 28.5 Å². The number of nitriles is 1. The minimum atomic E-state index is -0.225. The third-order valence-electron chi connectivity index (χ3n) is 3.46. The molecule has 0 N–H and O–H groups in total. The summed E-state index contributed by atoms with van der Waals surface area (Å²) in [6.45, 7) is 0. The number of aromatic nitrogens is 1. The first-order chi connectivity index (χ1) is 10.7. The molecule has 0 aliphatic heterocycles. The summed E-state index contributed by atoms with van der Waals surface area (Å²) in [5, 5.41) is 8.99. The van der Waals surface area contributed by atoms with Gasteiger partial charge < -0.3 is 4.57 Å². The highest BCUT2D eigenvalue weighted by molar-refractivity contribution is 9.10. The maximum absolute atomic E-state index is 13.3. The van der Waals surface area contributed by atoms with Crippen molar-refractivity contribution in [1.82, 2.24) is 4.57 Å². The normalized spacial score (nSPS) is 10.4. The van der Waals surface area contributed by atoms with Crippen LogP contribution in [0.5, 0.6) is 0 Å². The van der Waals surface area contributed by atoms with Crippen LogP contribution in [0.3, 0.4) is 0 Å². The van der Waals surface area contributed by atoms with Crippen molar-refractivity contribution in [2.24, 2.45) is 0 Å². The topological polar surface area (TPSA) is 28.7 Å². The van der Waals surface area contributed by atoms with Crippen LogP contribution in [0.1, 0.15) is 16.8 Å². The molecule has 0 saturated heterocycles. The molecule has 0 radical (unpaired) electrons. The molecule has 0 atom stereocenters. The van der Waals surface area contributed by atoms with Gasteiger partial charge in [0.25, 0.3) is 0 Å². The molecule has 108 valence electrons. The van der Waals surface area contributed by atoms with E-state index in [0.717, 1.165) is 21.4 Å². The van der Waals surface area contributed by atoms with E-state index in [2.05, 4.69) is 22.0 Å². The first kappa shape index (κ1) is 14.6. The quantitative estimate of drug-likeness (QED) is 0.661. The molecule has 0 aliphatic carbocycles. The molecule has 0 bridgehead atoms. The fourth-order valence-corrected chi connectivity index (χ4v) is 2.87. The van der Waals surface area contributed by atoms with Crippen LogP contribution >= 0.6 is 15.9 Å². The van der Waals surface area contributed by atoms with Crippen molar-refractivity contribution >= 4 is 15.9 Å². The lowest BCUT2D eigenvalue weighted by molar-refractivity contribution is 0.626. The monoisotopic (exact) mass is 354 g/mol. The van der Waals surface area contributed by atoms with Gasteiger partial charge in [0.1, 0.15) is 11.9 Å². The second kappa shape index (κ2) is 6.17. The number of hydrogen-bond donors (Lipinski definition) is 0. The van der Waals surface area contributed by atoms with Gasteiger partial charge in [0.05, 0.1) is 5.56 Å². The minimum absolute atomic E-state index is 0.225. The van der Waals surface area contributed by atoms with Crippen molar-refractivity contribution in [2.45, 2.75) is 6.42 Å². The van der Waals surface area contributed by atoms with Gasteiger partial charge in [-0.25, -0.2) is 4.39 Å². The van der Waals surface area contributed by atoms with Crippen LogP contribution in [0, 0.1) is 17.1 Å². The zero-order valence-electron chi connectivity index (χ0n) is 11.6. The molecule has 0 unspecified atom stereocenters. The first-order valence-electron chi connectivity index (χ1n) is 6.78. The highest BCUT2D eigenvalue weighted by Gasteiger charge is 2.07. The molecule has 0 spiro atoms. The molecule has 0 saturated carbocycles. The van der Waals surface area contributed by atoms with Crippen LogP contribution in [0.2, 0.25) is 0 Å². The van der Waals surface area contributed by atoms with E-state index in [0.29, 0.717) is 12.0 Å². The second-order valence-corrected chi connectivity index (χ2v) is 5.81. The number of halogens is 2. The summed E-state index contributed by atoms with van der Waals surface area (Å²) in [5.74, 6) is -0.225. The maximum Gasteiger partial charge on any atom is 0.123 e. The van der Waals surface area contributed by atoms with Gasteiger partial charge in [-0.15, -0.1) is 0 Å². The Bertz CT molecular complexity index is 862. The zero-order valence-corrected chi connectivity index (χ0v) is 13.2. The van der Waals surface area contributed by atoms with Crippen molar-refractivity contribution in [2.75, 3.05) is 0 Å². The fourth-order valence-electron chi connectivity index (χ4n) is 2.41. The summed E-state index contributed by atoms with van der Waals surface area (Å²) in [6.07, 6.45) is 2.60. The Morgan fingerprint density at radius 2 is 1.95 bits per heavy atom. The molecule has 0 amide bonds. The summed E-state index contributed by atoms with van der Waals surface area (Å²) in [6, 6.07) is 18.3. The Kier molecular flexibility index (Phi) is 4.08. The molecule has 1 heterocycles. The van der Waals surface area contributed by atoms with Crippen molar-refractivity contribution in [3.8, 4) is 11.8 Å². The Balaban J connectivity index is 1.95. The average Bonchev–Trinajstić information content (AvgIpc) is 2.95. The summed E-state index contributed by atoms with van der Waals surface area (Å²) in [7, 11) is 0. The first-order valence-corrected chi connectivity index (χ1v) is 7.57. The number of rotatable bonds is 3. The Morgan fingerprint density at radius 3 is 2.68 bits per heavy atom. The molecule has 4 heteroatoms. The van der Waals surface area contributed by atoms with Crippen LogP contribution in [-0.2, 0) is 6.42 Å². The van der Waals surface area contributed by atoms with Crippen LogP contribution in [-0.4, -0.2) is 4.57 Å². The van der Waals surface area contributed by atoms with Gasteiger partial charge in [-0.05, 0) is 64.0 Å². The van der Waals surface area contributed by atoms with Crippen LogP contribution in [0.25, 0.3) is 5.69 Å². The van der Waals surface area contributed by atoms with Gasteiger partial charge in [0.15, 0.2) is 0 Å². The number of nitrogens with zero attached hydrogens (tertiary/aromatic N) is 2. The number of hydrogen-bond acceptors (Lipinski definition) is 1. The van der Waals surface area contributed by atoms with Gasteiger partial charge >= 0.3 is 0 Å². The largest absolute Gasteiger partial charge is 0.321 e. The molecule has 1 aromatic heterocycles. The average molecular weight is 355 g/mol. The van der Waals surface area contributed by atoms with Crippen LogP contribution in [0.15, 0.2) is 65.3 Å². The smallest absolute Gasteiger partial charge is 0.123 e. The summed E-state index contributed by atoms with van der Waals surface area (Å²) in [5.41, 5.74) is 3.54. The molecule has 2 aromatic carbocycles. The summed E-state index contributed by atoms with van der Waals surface area (Å²) in [4.78, 5) is 0. The molecule has 22 heavy (non-hydrogen) atoms. The number of benzene rings is 2. The van der Waals surface area contributed by atoms with Crippen LogP contribution in [0.4, 0.5) is 4.39 Å². The van der Waals surface area contributed by atoms with E-state index in [1.165, 1.54) is 6.07 Å². The molecule has 3 rings (SSSR count). The molecule has 0 fully saturated rings. The summed E-state index contributed by atoms with van der Waals surface area (Å²) < 4.78 is 16.1.